The number of carbonyl (C=O) groups excluding carboxylic acids is 1. The van der Waals surface area contributed by atoms with Crippen molar-refractivity contribution in [1.82, 2.24) is 11.0 Å². The van der Waals surface area contributed by atoms with Gasteiger partial charge in [-0.05, 0) is 71.5 Å². The molecule has 2 aromatic rings. The minimum Gasteiger partial charge on any atom is -0.444 e. The van der Waals surface area contributed by atoms with Crippen molar-refractivity contribution in [1.29, 1.82) is 0 Å². The molecule has 2 aromatic carbocycles. The summed E-state index contributed by atoms with van der Waals surface area (Å²) in [6.45, 7) is 4.43. The number of amides is 1. The number of anilines is 3. The largest absolute Gasteiger partial charge is 0.444 e. The van der Waals surface area contributed by atoms with E-state index in [-0.39, 0.29) is 25.9 Å². The summed E-state index contributed by atoms with van der Waals surface area (Å²) in [5.41, 5.74) is 14.6. The minimum atomic E-state index is -0.884. The van der Waals surface area contributed by atoms with Crippen LogP contribution in [-0.2, 0) is 39.4 Å². The van der Waals surface area contributed by atoms with E-state index in [0.717, 1.165) is 22.5 Å². The van der Waals surface area contributed by atoms with Gasteiger partial charge in [0.05, 0.1) is 19.3 Å². The Balaban J connectivity index is 1.75. The molecule has 0 aliphatic heterocycles. The average Bonchev–Trinajstić information content (AvgIpc) is 2.92. The molecule has 0 fully saturated rings. The summed E-state index contributed by atoms with van der Waals surface area (Å²) in [7, 11) is 3.15. The molecule has 14 heteroatoms. The summed E-state index contributed by atoms with van der Waals surface area (Å²) in [5.74, 6) is 0. The van der Waals surface area contributed by atoms with Crippen LogP contribution in [0.1, 0.15) is 24.2 Å². The Labute approximate surface area is 221 Å². The van der Waals surface area contributed by atoms with Crippen LogP contribution in [0.5, 0.6) is 0 Å². The molecule has 0 aliphatic rings. The Hall–Kier alpha value is -3.47. The van der Waals surface area contributed by atoms with Crippen LogP contribution in [0.15, 0.2) is 54.6 Å². The molecule has 0 spiro atoms. The van der Waals surface area contributed by atoms with E-state index in [9.17, 15) is 4.79 Å². The predicted octanol–water partition coefficient (Wildman–Crippen LogP) is 3.21. The molecule has 2 rings (SSSR count). The van der Waals surface area contributed by atoms with Gasteiger partial charge in [0.2, 0.25) is 0 Å². The number of nitrogens with zero attached hydrogens (tertiary/aromatic N) is 1. The predicted molar refractivity (Wildman–Crippen MR) is 137 cm³/mol. The maximum atomic E-state index is 11.6. The van der Waals surface area contributed by atoms with Gasteiger partial charge in [0, 0.05) is 25.0 Å². The number of carbonyl (C=O) groups is 1. The number of hydroxylamine groups is 3. The zero-order chi connectivity index (χ0) is 27.6. The summed E-state index contributed by atoms with van der Waals surface area (Å²) in [6.07, 6.45) is 2.04. The molecule has 0 heterocycles. The highest BCUT2D eigenvalue weighted by Gasteiger charge is 2.15. The summed E-state index contributed by atoms with van der Waals surface area (Å²) in [4.78, 5) is 35.8. The van der Waals surface area contributed by atoms with Gasteiger partial charge in [0.25, 0.3) is 0 Å². The second-order valence-electron chi connectivity index (χ2n) is 7.57. The summed E-state index contributed by atoms with van der Waals surface area (Å²) in [5, 5.41) is 13.4. The molecule has 0 bridgehead atoms. The lowest BCUT2D eigenvalue weighted by Gasteiger charge is -2.28. The second kappa shape index (κ2) is 17.9. The van der Waals surface area contributed by atoms with E-state index < -0.39 is 6.09 Å². The molecule has 38 heavy (non-hydrogen) atoms. The molecule has 1 unspecified atom stereocenters. The van der Waals surface area contributed by atoms with E-state index in [4.69, 9.17) is 20.2 Å². The van der Waals surface area contributed by atoms with Crippen molar-refractivity contribution in [3.8, 4) is 0 Å². The smallest absolute Gasteiger partial charge is 0.434 e. The van der Waals surface area contributed by atoms with Crippen molar-refractivity contribution in [3.05, 3.63) is 65.7 Å². The van der Waals surface area contributed by atoms with Crippen molar-refractivity contribution < 1.29 is 44.2 Å². The normalized spacial score (nSPS) is 11.9. The van der Waals surface area contributed by atoms with Crippen LogP contribution < -0.4 is 27.1 Å². The van der Waals surface area contributed by atoms with Crippen LogP contribution in [0.4, 0.5) is 21.9 Å². The summed E-state index contributed by atoms with van der Waals surface area (Å²) in [6, 6.07) is 13.5. The number of rotatable bonds is 18. The van der Waals surface area contributed by atoms with Gasteiger partial charge in [0.15, 0.2) is 0 Å². The van der Waals surface area contributed by atoms with Crippen LogP contribution in [0.3, 0.4) is 0 Å². The second-order valence-corrected chi connectivity index (χ2v) is 7.57. The number of nitrogens with one attached hydrogen (secondary N) is 3. The molecular weight excluding hydrogens is 502 g/mol. The van der Waals surface area contributed by atoms with Gasteiger partial charge in [-0.15, -0.1) is 4.99 Å². The molecule has 0 aliphatic carbocycles. The van der Waals surface area contributed by atoms with Gasteiger partial charge >= 0.3 is 6.09 Å². The highest BCUT2D eigenvalue weighted by atomic mass is 17.5. The maximum absolute atomic E-state index is 11.6. The standard InChI is InChI=1S/C24H35N5O9/c1-18-17-22(11-12-23(18)25)29(34-19(2)20-7-9-21(26-3)10-8-20)14-16-33-38-36-28-24(30)32-15-6-5-13-27-35-37-31-4/h5-12,17,19,26-27H,13-16,25H2,1-4H3,(H,28,30)/b6-5+. The fraction of sp³-hybridized carbons (Fsp3) is 0.375. The lowest BCUT2D eigenvalue weighted by atomic mass is 10.1. The molecule has 1 amide bonds. The molecule has 14 nitrogen and oxygen atoms in total. The third-order valence-corrected chi connectivity index (χ3v) is 4.92. The molecular formula is C24H35N5O9. The molecule has 5 N–H and O–H groups in total. The minimum absolute atomic E-state index is 0.0218. The van der Waals surface area contributed by atoms with Crippen LogP contribution in [0, 0.1) is 6.92 Å². The van der Waals surface area contributed by atoms with Crippen molar-refractivity contribution in [2.75, 3.05) is 56.6 Å². The fourth-order valence-electron chi connectivity index (χ4n) is 2.90. The van der Waals surface area contributed by atoms with Crippen molar-refractivity contribution in [2.24, 2.45) is 0 Å². The quantitative estimate of drug-likeness (QED) is 0.0723. The van der Waals surface area contributed by atoms with Crippen LogP contribution in [0.2, 0.25) is 0 Å². The Morgan fingerprint density at radius 1 is 1.11 bits per heavy atom. The summed E-state index contributed by atoms with van der Waals surface area (Å²) >= 11 is 0. The lowest BCUT2D eigenvalue weighted by molar-refractivity contribution is -0.528. The molecule has 0 aromatic heterocycles. The SMILES string of the molecule is CNc1ccc(C(C)ON(CCOOONC(=O)OC/C=C/CNOOOC)c2ccc(N)c(C)c2)cc1. The first kappa shape index (κ1) is 30.8. The third-order valence-electron chi connectivity index (χ3n) is 4.92. The van der Waals surface area contributed by atoms with Gasteiger partial charge in [-0.1, -0.05) is 23.2 Å². The molecule has 210 valence electrons. The molecule has 1 atom stereocenters. The van der Waals surface area contributed by atoms with Gasteiger partial charge < -0.3 is 15.8 Å². The van der Waals surface area contributed by atoms with Crippen molar-refractivity contribution in [3.63, 3.8) is 0 Å². The van der Waals surface area contributed by atoms with Crippen LogP contribution in [0.25, 0.3) is 0 Å². The van der Waals surface area contributed by atoms with E-state index >= 15 is 0 Å². The zero-order valence-electron chi connectivity index (χ0n) is 21.8. The number of hydrogen-bond donors (Lipinski definition) is 4. The Bertz CT molecular complexity index is 978. The highest BCUT2D eigenvalue weighted by Crippen LogP contribution is 2.26. The van der Waals surface area contributed by atoms with E-state index in [1.807, 2.05) is 62.8 Å². The molecule has 0 saturated carbocycles. The lowest BCUT2D eigenvalue weighted by Crippen LogP contribution is -2.30. The van der Waals surface area contributed by atoms with Crippen molar-refractivity contribution >= 4 is 23.2 Å². The Morgan fingerprint density at radius 2 is 1.89 bits per heavy atom. The first-order valence-corrected chi connectivity index (χ1v) is 11.6. The maximum Gasteiger partial charge on any atom is 0.434 e. The first-order valence-electron chi connectivity index (χ1n) is 11.6. The van der Waals surface area contributed by atoms with Gasteiger partial charge in [0.1, 0.15) is 19.3 Å². The van der Waals surface area contributed by atoms with Gasteiger partial charge in [-0.2, -0.15) is 11.0 Å². The van der Waals surface area contributed by atoms with Gasteiger partial charge in [-0.3, -0.25) is 9.90 Å². The monoisotopic (exact) mass is 537 g/mol. The van der Waals surface area contributed by atoms with Crippen LogP contribution >= 0.6 is 0 Å². The van der Waals surface area contributed by atoms with Crippen molar-refractivity contribution in [2.45, 2.75) is 20.0 Å². The average molecular weight is 538 g/mol. The number of ether oxygens (including phenoxy) is 1. The Kier molecular flexibility index (Phi) is 14.5. The third kappa shape index (κ3) is 11.7. The Morgan fingerprint density at radius 3 is 2.61 bits per heavy atom. The zero-order valence-corrected chi connectivity index (χ0v) is 21.8. The number of hydrogen-bond acceptors (Lipinski definition) is 13. The molecule has 0 saturated heterocycles. The fourth-order valence-corrected chi connectivity index (χ4v) is 2.90. The van der Waals surface area contributed by atoms with Gasteiger partial charge in [-0.25, -0.2) is 14.6 Å². The first-order chi connectivity index (χ1) is 18.4. The van der Waals surface area contributed by atoms with E-state index in [2.05, 4.69) is 35.7 Å². The number of nitrogen functional groups attached to an aromatic ring is 1. The summed E-state index contributed by atoms with van der Waals surface area (Å²) < 4.78 is 4.83. The number of nitrogens with two attached hydrogens (primary N) is 1. The number of benzene rings is 2. The van der Waals surface area contributed by atoms with Crippen LogP contribution in [-0.4, -0.2) is 46.6 Å². The van der Waals surface area contributed by atoms with E-state index in [0.29, 0.717) is 12.2 Å². The van der Waals surface area contributed by atoms with E-state index in [1.165, 1.54) is 7.11 Å². The molecule has 0 radical (unpaired) electrons. The highest BCUT2D eigenvalue weighted by molar-refractivity contribution is 5.65. The van der Waals surface area contributed by atoms with E-state index in [1.54, 1.807) is 23.3 Å². The number of aryl methyl sites for hydroxylation is 1. The topological polar surface area (TPSA) is 156 Å².